The molecular weight excluding hydrogens is 366 g/mol. The third kappa shape index (κ3) is 5.90. The fourth-order valence-electron chi connectivity index (χ4n) is 3.19. The molecule has 3 atom stereocenters. The van der Waals surface area contributed by atoms with E-state index in [4.69, 9.17) is 9.47 Å². The zero-order valence-corrected chi connectivity index (χ0v) is 17.1. The molecule has 0 aliphatic carbocycles. The third-order valence-electron chi connectivity index (χ3n) is 4.99. The molecule has 0 fully saturated rings. The van der Waals surface area contributed by atoms with Crippen molar-refractivity contribution >= 4 is 12.0 Å². The Balaban J connectivity index is 2.23. The number of carbonyl (C=O) groups excluding carboxylic acids is 2. The second kappa shape index (κ2) is 10.4. The number of likely N-dealkylation sites (N-methyl/N-ethyl adjacent to an activating group) is 1. The number of hydrogen-bond acceptors (Lipinski definition) is 7. The Morgan fingerprint density at radius 2 is 2.29 bits per heavy atom. The van der Waals surface area contributed by atoms with Gasteiger partial charge >= 0.3 is 6.09 Å². The van der Waals surface area contributed by atoms with Crippen molar-refractivity contribution in [3.63, 3.8) is 0 Å². The molecule has 0 radical (unpaired) electrons. The van der Waals surface area contributed by atoms with Crippen LogP contribution in [0.1, 0.15) is 32.4 Å². The number of carbonyl (C=O) groups is 2. The average molecular weight is 397 g/mol. The highest BCUT2D eigenvalue weighted by Gasteiger charge is 2.28. The fourth-order valence-corrected chi connectivity index (χ4v) is 3.19. The highest BCUT2D eigenvalue weighted by atomic mass is 16.5. The Morgan fingerprint density at radius 1 is 1.54 bits per heavy atom. The number of fused-ring (bicyclic) bond motifs is 2. The van der Waals surface area contributed by atoms with Gasteiger partial charge in [0.15, 0.2) is 0 Å². The van der Waals surface area contributed by atoms with Crippen LogP contribution in [0.5, 0.6) is 0 Å². The summed E-state index contributed by atoms with van der Waals surface area (Å²) in [5.74, 6) is -0.103. The zero-order chi connectivity index (χ0) is 20.7. The molecule has 1 aromatic heterocycles. The van der Waals surface area contributed by atoms with Gasteiger partial charge in [0.1, 0.15) is 5.69 Å². The summed E-state index contributed by atoms with van der Waals surface area (Å²) in [6, 6.07) is -0.295. The maximum absolute atomic E-state index is 12.8. The molecule has 0 unspecified atom stereocenters. The Kier molecular flexibility index (Phi) is 8.18. The second-order valence-electron chi connectivity index (χ2n) is 7.33. The molecule has 2 amide bonds. The molecule has 0 spiro atoms. The van der Waals surface area contributed by atoms with Crippen LogP contribution in [0.3, 0.4) is 0 Å². The molecule has 1 aliphatic heterocycles. The van der Waals surface area contributed by atoms with Gasteiger partial charge in [-0.1, -0.05) is 12.1 Å². The van der Waals surface area contributed by atoms with Crippen molar-refractivity contribution in [2.24, 2.45) is 5.92 Å². The Hall–Kier alpha value is -2.20. The molecule has 0 aromatic carbocycles. The van der Waals surface area contributed by atoms with Gasteiger partial charge in [-0.05, 0) is 13.3 Å². The first-order valence-corrected chi connectivity index (χ1v) is 9.55. The van der Waals surface area contributed by atoms with Crippen LogP contribution in [0, 0.1) is 5.92 Å². The van der Waals surface area contributed by atoms with E-state index in [1.54, 1.807) is 16.6 Å². The maximum atomic E-state index is 12.8. The predicted molar refractivity (Wildman–Crippen MR) is 100 cm³/mol. The zero-order valence-electron chi connectivity index (χ0n) is 17.1. The highest BCUT2D eigenvalue weighted by Crippen LogP contribution is 2.17. The number of hydrogen-bond donors (Lipinski definition) is 1. The van der Waals surface area contributed by atoms with Gasteiger partial charge in [-0.2, -0.15) is 0 Å². The van der Waals surface area contributed by atoms with Gasteiger partial charge in [0.05, 0.1) is 45.2 Å². The minimum absolute atomic E-state index is 0.0203. The molecule has 2 rings (SSSR count). The summed E-state index contributed by atoms with van der Waals surface area (Å²) >= 11 is 0. The largest absolute Gasteiger partial charge is 0.453 e. The van der Waals surface area contributed by atoms with Crippen LogP contribution in [0.25, 0.3) is 0 Å². The summed E-state index contributed by atoms with van der Waals surface area (Å²) < 4.78 is 12.5. The number of amides is 2. The van der Waals surface area contributed by atoms with Crippen molar-refractivity contribution < 1.29 is 24.2 Å². The van der Waals surface area contributed by atoms with Gasteiger partial charge in [-0.25, -0.2) is 4.79 Å². The molecule has 158 valence electrons. The van der Waals surface area contributed by atoms with E-state index in [0.29, 0.717) is 38.2 Å². The topological polar surface area (TPSA) is 110 Å². The van der Waals surface area contributed by atoms with Crippen molar-refractivity contribution in [2.45, 2.75) is 52.0 Å². The van der Waals surface area contributed by atoms with Gasteiger partial charge in [0, 0.05) is 32.5 Å². The number of ether oxygens (including phenoxy) is 2. The Labute approximate surface area is 165 Å². The molecule has 0 saturated heterocycles. The van der Waals surface area contributed by atoms with Gasteiger partial charge < -0.3 is 24.4 Å². The number of rotatable bonds is 4. The molecule has 0 saturated carbocycles. The van der Waals surface area contributed by atoms with Gasteiger partial charge in [0.25, 0.3) is 0 Å². The van der Waals surface area contributed by atoms with Crippen LogP contribution in [0.15, 0.2) is 6.20 Å². The molecule has 1 aromatic rings. The summed E-state index contributed by atoms with van der Waals surface area (Å²) in [7, 11) is 2.97. The molecule has 10 nitrogen and oxygen atoms in total. The Bertz CT molecular complexity index is 652. The number of aromatic nitrogens is 3. The quantitative estimate of drug-likeness (QED) is 0.788. The van der Waals surface area contributed by atoms with Gasteiger partial charge in [-0.15, -0.1) is 5.10 Å². The summed E-state index contributed by atoms with van der Waals surface area (Å²) in [4.78, 5) is 27.7. The standard InChI is InChI=1S/C18H31N5O5/c1-13-8-23(14(2)11-24)17(25)6-5-7-22-9-15(19-20-22)12-28-16(13)10-21(3)18(26)27-4/h9,13-14,16,24H,5-8,10-12H2,1-4H3/t13-,14-,16-/m1/s1. The van der Waals surface area contributed by atoms with Gasteiger partial charge in [-0.3, -0.25) is 9.48 Å². The summed E-state index contributed by atoms with van der Waals surface area (Å²) in [6.45, 7) is 5.25. The number of aryl methyl sites for hydroxylation is 1. The lowest BCUT2D eigenvalue weighted by Crippen LogP contribution is -2.47. The molecule has 28 heavy (non-hydrogen) atoms. The van der Waals surface area contributed by atoms with E-state index in [9.17, 15) is 14.7 Å². The second-order valence-corrected chi connectivity index (χ2v) is 7.33. The minimum atomic E-state index is -0.457. The molecule has 1 aliphatic rings. The van der Waals surface area contributed by atoms with Crippen LogP contribution in [0.4, 0.5) is 4.79 Å². The van der Waals surface area contributed by atoms with Crippen LogP contribution in [-0.2, 0) is 27.4 Å². The van der Waals surface area contributed by atoms with Crippen LogP contribution in [-0.4, -0.2) is 87.9 Å². The summed E-state index contributed by atoms with van der Waals surface area (Å²) in [6.07, 6.45) is 2.00. The number of aliphatic hydroxyl groups excluding tert-OH is 1. The highest BCUT2D eigenvalue weighted by molar-refractivity contribution is 5.76. The lowest BCUT2D eigenvalue weighted by Gasteiger charge is -2.34. The number of nitrogens with zero attached hydrogens (tertiary/aromatic N) is 5. The van der Waals surface area contributed by atoms with Crippen LogP contribution < -0.4 is 0 Å². The number of methoxy groups -OCH3 is 1. The molecular formula is C18H31N5O5. The van der Waals surface area contributed by atoms with E-state index in [-0.39, 0.29) is 37.2 Å². The van der Waals surface area contributed by atoms with Gasteiger partial charge in [0.2, 0.25) is 5.91 Å². The predicted octanol–water partition coefficient (Wildman–Crippen LogP) is 0.501. The van der Waals surface area contributed by atoms with Crippen molar-refractivity contribution in [1.29, 1.82) is 0 Å². The van der Waals surface area contributed by atoms with Crippen LogP contribution >= 0.6 is 0 Å². The molecule has 2 bridgehead atoms. The minimum Gasteiger partial charge on any atom is -0.453 e. The SMILES string of the molecule is COC(=O)N(C)C[C@H]1OCc2cn(nn2)CCCC(=O)N([C@H](C)CO)C[C@H]1C. The van der Waals surface area contributed by atoms with E-state index in [0.717, 1.165) is 0 Å². The molecule has 1 N–H and O–H groups in total. The summed E-state index contributed by atoms with van der Waals surface area (Å²) in [5.41, 5.74) is 0.698. The first-order valence-electron chi connectivity index (χ1n) is 9.55. The molecule has 10 heteroatoms. The van der Waals surface area contributed by atoms with E-state index < -0.39 is 6.09 Å². The van der Waals surface area contributed by atoms with E-state index in [1.807, 2.05) is 20.0 Å². The van der Waals surface area contributed by atoms with Crippen LogP contribution in [0.2, 0.25) is 0 Å². The molecule has 2 heterocycles. The van der Waals surface area contributed by atoms with Crippen molar-refractivity contribution in [2.75, 3.05) is 33.9 Å². The lowest BCUT2D eigenvalue weighted by molar-refractivity contribution is -0.136. The first kappa shape index (κ1) is 22.1. The smallest absolute Gasteiger partial charge is 0.409 e. The van der Waals surface area contributed by atoms with E-state index in [1.165, 1.54) is 12.0 Å². The Morgan fingerprint density at radius 3 is 2.96 bits per heavy atom. The average Bonchev–Trinajstić information content (AvgIpc) is 3.14. The monoisotopic (exact) mass is 397 g/mol. The summed E-state index contributed by atoms with van der Waals surface area (Å²) in [5, 5.41) is 17.8. The third-order valence-corrected chi connectivity index (χ3v) is 4.99. The fraction of sp³-hybridized carbons (Fsp3) is 0.778. The van der Waals surface area contributed by atoms with Crippen molar-refractivity contribution in [1.82, 2.24) is 24.8 Å². The normalized spacial score (nSPS) is 22.6. The number of aliphatic hydroxyl groups is 1. The lowest BCUT2D eigenvalue weighted by atomic mass is 10.0. The van der Waals surface area contributed by atoms with E-state index in [2.05, 4.69) is 10.3 Å². The van der Waals surface area contributed by atoms with Crippen molar-refractivity contribution in [3.05, 3.63) is 11.9 Å². The maximum Gasteiger partial charge on any atom is 0.409 e. The van der Waals surface area contributed by atoms with Crippen molar-refractivity contribution in [3.8, 4) is 0 Å². The first-order chi connectivity index (χ1) is 13.3. The van der Waals surface area contributed by atoms with E-state index >= 15 is 0 Å².